The molecule has 3 heterocycles. The molecule has 4 heteroatoms. The largest absolute Gasteiger partial charge is 0.333 e. The lowest BCUT2D eigenvalue weighted by Crippen LogP contribution is -2.41. The van der Waals surface area contributed by atoms with Gasteiger partial charge in [-0.15, -0.1) is 0 Å². The SMILES string of the molecule is CCc1nccn1CC(C)N1CCC2(CCNCC2)C1. The summed E-state index contributed by atoms with van der Waals surface area (Å²) < 4.78 is 2.33. The van der Waals surface area contributed by atoms with Crippen LogP contribution < -0.4 is 5.32 Å². The molecule has 1 atom stereocenters. The number of aryl methyl sites for hydroxylation is 1. The minimum Gasteiger partial charge on any atom is -0.333 e. The quantitative estimate of drug-likeness (QED) is 0.912. The molecule has 20 heavy (non-hydrogen) atoms. The summed E-state index contributed by atoms with van der Waals surface area (Å²) in [6, 6.07) is 0.615. The Hall–Kier alpha value is -0.870. The molecule has 2 aliphatic heterocycles. The first-order valence-electron chi connectivity index (χ1n) is 8.17. The lowest BCUT2D eigenvalue weighted by molar-refractivity contribution is 0.166. The van der Waals surface area contributed by atoms with Gasteiger partial charge in [0.25, 0.3) is 0 Å². The van der Waals surface area contributed by atoms with Gasteiger partial charge in [0.2, 0.25) is 0 Å². The summed E-state index contributed by atoms with van der Waals surface area (Å²) in [6.07, 6.45) is 9.21. The molecule has 1 spiro atoms. The average Bonchev–Trinajstić information content (AvgIpc) is 3.07. The molecule has 112 valence electrons. The highest BCUT2D eigenvalue weighted by atomic mass is 15.2. The fourth-order valence-electron chi connectivity index (χ4n) is 3.93. The second-order valence-corrected chi connectivity index (χ2v) is 6.67. The molecule has 1 aromatic rings. The summed E-state index contributed by atoms with van der Waals surface area (Å²) in [5.74, 6) is 1.22. The molecule has 2 aliphatic rings. The summed E-state index contributed by atoms with van der Waals surface area (Å²) >= 11 is 0. The maximum absolute atomic E-state index is 4.43. The summed E-state index contributed by atoms with van der Waals surface area (Å²) in [7, 11) is 0. The van der Waals surface area contributed by atoms with Gasteiger partial charge in [0.1, 0.15) is 5.82 Å². The van der Waals surface area contributed by atoms with Crippen LogP contribution in [0.4, 0.5) is 0 Å². The molecule has 1 N–H and O–H groups in total. The zero-order chi connectivity index (χ0) is 14.0. The number of aromatic nitrogens is 2. The first-order valence-corrected chi connectivity index (χ1v) is 8.17. The second-order valence-electron chi connectivity index (χ2n) is 6.67. The second kappa shape index (κ2) is 5.86. The molecule has 2 fully saturated rings. The van der Waals surface area contributed by atoms with Crippen molar-refractivity contribution in [2.45, 2.75) is 52.1 Å². The van der Waals surface area contributed by atoms with Crippen LogP contribution in [0.5, 0.6) is 0 Å². The highest BCUT2D eigenvalue weighted by molar-refractivity contribution is 4.96. The van der Waals surface area contributed by atoms with E-state index in [1.165, 1.54) is 51.3 Å². The lowest BCUT2D eigenvalue weighted by atomic mass is 9.78. The van der Waals surface area contributed by atoms with Crippen molar-refractivity contribution >= 4 is 0 Å². The van der Waals surface area contributed by atoms with E-state index in [-0.39, 0.29) is 0 Å². The highest BCUT2D eigenvalue weighted by Gasteiger charge is 2.40. The molecule has 2 saturated heterocycles. The van der Waals surface area contributed by atoms with E-state index in [1.54, 1.807) is 0 Å². The van der Waals surface area contributed by atoms with Crippen molar-refractivity contribution in [2.75, 3.05) is 26.2 Å². The summed E-state index contributed by atoms with van der Waals surface area (Å²) in [5, 5.41) is 3.50. The number of rotatable bonds is 4. The van der Waals surface area contributed by atoms with Crippen LogP contribution in [0.25, 0.3) is 0 Å². The number of nitrogens with one attached hydrogen (secondary N) is 1. The molecule has 0 aromatic carbocycles. The van der Waals surface area contributed by atoms with Gasteiger partial charge in [-0.3, -0.25) is 4.90 Å². The van der Waals surface area contributed by atoms with Gasteiger partial charge >= 0.3 is 0 Å². The molecule has 3 rings (SSSR count). The van der Waals surface area contributed by atoms with Crippen LogP contribution in [0.3, 0.4) is 0 Å². The minimum atomic E-state index is 0.613. The van der Waals surface area contributed by atoms with Gasteiger partial charge in [-0.05, 0) is 51.2 Å². The third-order valence-electron chi connectivity index (χ3n) is 5.33. The summed E-state index contributed by atoms with van der Waals surface area (Å²) in [6.45, 7) is 10.6. The van der Waals surface area contributed by atoms with Crippen LogP contribution in [0.1, 0.15) is 38.9 Å². The van der Waals surface area contributed by atoms with Crippen LogP contribution in [0.15, 0.2) is 12.4 Å². The molecular weight excluding hydrogens is 248 g/mol. The summed E-state index contributed by atoms with van der Waals surface area (Å²) in [5.41, 5.74) is 0.613. The van der Waals surface area contributed by atoms with E-state index in [0.29, 0.717) is 11.5 Å². The Morgan fingerprint density at radius 3 is 2.90 bits per heavy atom. The lowest BCUT2D eigenvalue weighted by Gasteiger charge is -2.35. The van der Waals surface area contributed by atoms with E-state index >= 15 is 0 Å². The molecule has 0 aliphatic carbocycles. The zero-order valence-corrected chi connectivity index (χ0v) is 12.9. The van der Waals surface area contributed by atoms with Crippen molar-refractivity contribution < 1.29 is 0 Å². The predicted octanol–water partition coefficient (Wildman–Crippen LogP) is 1.91. The average molecular weight is 276 g/mol. The van der Waals surface area contributed by atoms with Gasteiger partial charge in [-0.2, -0.15) is 0 Å². The van der Waals surface area contributed by atoms with Crippen molar-refractivity contribution in [1.29, 1.82) is 0 Å². The van der Waals surface area contributed by atoms with Gasteiger partial charge in [0.15, 0.2) is 0 Å². The number of hydrogen-bond acceptors (Lipinski definition) is 3. The maximum atomic E-state index is 4.43. The molecule has 0 bridgehead atoms. The van der Waals surface area contributed by atoms with Gasteiger partial charge in [0.05, 0.1) is 0 Å². The van der Waals surface area contributed by atoms with Crippen LogP contribution in [-0.2, 0) is 13.0 Å². The van der Waals surface area contributed by atoms with Crippen molar-refractivity contribution in [3.63, 3.8) is 0 Å². The molecule has 1 aromatic heterocycles. The number of nitrogens with zero attached hydrogens (tertiary/aromatic N) is 3. The number of likely N-dealkylation sites (tertiary alicyclic amines) is 1. The van der Waals surface area contributed by atoms with Gasteiger partial charge < -0.3 is 9.88 Å². The Morgan fingerprint density at radius 1 is 1.35 bits per heavy atom. The van der Waals surface area contributed by atoms with Gasteiger partial charge in [0, 0.05) is 37.9 Å². The maximum Gasteiger partial charge on any atom is 0.108 e. The van der Waals surface area contributed by atoms with Crippen molar-refractivity contribution in [3.8, 4) is 0 Å². The topological polar surface area (TPSA) is 33.1 Å². The minimum absolute atomic E-state index is 0.613. The molecule has 0 radical (unpaired) electrons. The van der Waals surface area contributed by atoms with Crippen molar-refractivity contribution in [1.82, 2.24) is 19.8 Å². The van der Waals surface area contributed by atoms with Crippen LogP contribution in [-0.4, -0.2) is 46.7 Å². The van der Waals surface area contributed by atoms with Crippen LogP contribution in [0, 0.1) is 5.41 Å². The normalized spacial score (nSPS) is 24.3. The van der Waals surface area contributed by atoms with Crippen molar-refractivity contribution in [2.24, 2.45) is 5.41 Å². The van der Waals surface area contributed by atoms with Crippen molar-refractivity contribution in [3.05, 3.63) is 18.2 Å². The van der Waals surface area contributed by atoms with E-state index in [9.17, 15) is 0 Å². The number of imidazole rings is 1. The molecule has 1 unspecified atom stereocenters. The number of hydrogen-bond donors (Lipinski definition) is 1. The fourth-order valence-corrected chi connectivity index (χ4v) is 3.93. The Kier molecular flexibility index (Phi) is 4.13. The number of piperidine rings is 1. The fraction of sp³-hybridized carbons (Fsp3) is 0.812. The van der Waals surface area contributed by atoms with Crippen LogP contribution >= 0.6 is 0 Å². The third kappa shape index (κ3) is 2.77. The predicted molar refractivity (Wildman–Crippen MR) is 81.8 cm³/mol. The van der Waals surface area contributed by atoms with Gasteiger partial charge in [-0.1, -0.05) is 6.92 Å². The molecule has 4 nitrogen and oxygen atoms in total. The Balaban J connectivity index is 1.59. The monoisotopic (exact) mass is 276 g/mol. The molecular formula is C16H28N4. The van der Waals surface area contributed by atoms with E-state index in [2.05, 4.69) is 39.8 Å². The Morgan fingerprint density at radius 2 is 2.15 bits per heavy atom. The van der Waals surface area contributed by atoms with E-state index in [0.717, 1.165) is 13.0 Å². The zero-order valence-electron chi connectivity index (χ0n) is 12.9. The van der Waals surface area contributed by atoms with Gasteiger partial charge in [-0.25, -0.2) is 4.98 Å². The van der Waals surface area contributed by atoms with E-state index < -0.39 is 0 Å². The highest BCUT2D eigenvalue weighted by Crippen LogP contribution is 2.39. The van der Waals surface area contributed by atoms with Crippen LogP contribution in [0.2, 0.25) is 0 Å². The first kappa shape index (κ1) is 14.1. The molecule has 0 amide bonds. The van der Waals surface area contributed by atoms with E-state index in [1.807, 2.05) is 6.20 Å². The standard InChI is InChI=1S/C16H28N4/c1-3-15-18-9-11-19(15)12-14(2)20-10-6-16(13-20)4-7-17-8-5-16/h9,11,14,17H,3-8,10,12-13H2,1-2H3. The Labute approximate surface area is 122 Å². The first-order chi connectivity index (χ1) is 9.72. The third-order valence-corrected chi connectivity index (χ3v) is 5.33. The molecule has 0 saturated carbocycles. The summed E-state index contributed by atoms with van der Waals surface area (Å²) in [4.78, 5) is 7.13. The van der Waals surface area contributed by atoms with E-state index in [4.69, 9.17) is 0 Å². The smallest absolute Gasteiger partial charge is 0.108 e. The Bertz CT molecular complexity index is 433.